The van der Waals surface area contributed by atoms with E-state index in [-0.39, 0.29) is 29.4 Å². The summed E-state index contributed by atoms with van der Waals surface area (Å²) >= 11 is 0. The average molecular weight is 363 g/mol. The third kappa shape index (κ3) is 2.79. The van der Waals surface area contributed by atoms with Gasteiger partial charge in [-0.25, -0.2) is 9.59 Å². The van der Waals surface area contributed by atoms with E-state index in [0.717, 1.165) is 28.8 Å². The molecule has 0 amide bonds. The fraction of sp³-hybridized carbons (Fsp3) is 0.273. The molecule has 0 saturated carbocycles. The summed E-state index contributed by atoms with van der Waals surface area (Å²) in [5.41, 5.74) is 4.97. The predicted molar refractivity (Wildman–Crippen MR) is 102 cm³/mol. The van der Waals surface area contributed by atoms with E-state index in [2.05, 4.69) is 17.5 Å². The van der Waals surface area contributed by atoms with Crippen molar-refractivity contribution in [2.45, 2.75) is 25.3 Å². The molecule has 1 aliphatic heterocycles. The molecule has 1 heterocycles. The van der Waals surface area contributed by atoms with E-state index in [4.69, 9.17) is 9.84 Å². The van der Waals surface area contributed by atoms with Crippen LogP contribution in [0.3, 0.4) is 0 Å². The SMILES string of the molecule is COC(=O)c1ccc(C)c2c1C1C=CCC1C(c1ccc(C(=O)O)cc1)N2. The first-order valence-electron chi connectivity index (χ1n) is 8.99. The topological polar surface area (TPSA) is 75.6 Å². The number of carbonyl (C=O) groups excluding carboxylic acids is 1. The summed E-state index contributed by atoms with van der Waals surface area (Å²) in [7, 11) is 1.40. The molecule has 2 aliphatic rings. The quantitative estimate of drug-likeness (QED) is 0.628. The maximum absolute atomic E-state index is 12.3. The van der Waals surface area contributed by atoms with Crippen LogP contribution >= 0.6 is 0 Å². The molecule has 5 nitrogen and oxygen atoms in total. The van der Waals surface area contributed by atoms with E-state index < -0.39 is 5.97 Å². The Morgan fingerprint density at radius 1 is 1.15 bits per heavy atom. The van der Waals surface area contributed by atoms with Gasteiger partial charge >= 0.3 is 11.9 Å². The van der Waals surface area contributed by atoms with E-state index >= 15 is 0 Å². The normalized spacial score (nSPS) is 22.5. The lowest BCUT2D eigenvalue weighted by Gasteiger charge is -2.39. The molecule has 0 bridgehead atoms. The Labute approximate surface area is 157 Å². The molecule has 0 aromatic heterocycles. The summed E-state index contributed by atoms with van der Waals surface area (Å²) in [5, 5.41) is 12.8. The summed E-state index contributed by atoms with van der Waals surface area (Å²) < 4.78 is 4.99. The first kappa shape index (κ1) is 17.3. The molecule has 0 fully saturated rings. The number of benzene rings is 2. The van der Waals surface area contributed by atoms with Crippen LogP contribution in [0.25, 0.3) is 0 Å². The minimum atomic E-state index is -0.928. The van der Waals surface area contributed by atoms with Gasteiger partial charge in [0, 0.05) is 11.6 Å². The summed E-state index contributed by atoms with van der Waals surface area (Å²) in [6.07, 6.45) is 5.24. The zero-order chi connectivity index (χ0) is 19.1. The predicted octanol–water partition coefficient (Wildman–Crippen LogP) is 4.31. The van der Waals surface area contributed by atoms with Gasteiger partial charge in [-0.3, -0.25) is 0 Å². The number of rotatable bonds is 3. The van der Waals surface area contributed by atoms with E-state index in [9.17, 15) is 9.59 Å². The zero-order valence-corrected chi connectivity index (χ0v) is 15.2. The molecular weight excluding hydrogens is 342 g/mol. The van der Waals surface area contributed by atoms with Crippen LogP contribution in [0.1, 0.15) is 55.8 Å². The number of hydrogen-bond donors (Lipinski definition) is 2. The second kappa shape index (κ2) is 6.58. The first-order chi connectivity index (χ1) is 13.0. The fourth-order valence-corrected chi connectivity index (χ4v) is 4.31. The number of carbonyl (C=O) groups is 2. The van der Waals surface area contributed by atoms with E-state index in [0.29, 0.717) is 5.56 Å². The van der Waals surface area contributed by atoms with Crippen LogP contribution < -0.4 is 5.32 Å². The number of methoxy groups -OCH3 is 1. The number of fused-ring (bicyclic) bond motifs is 3. The Hall–Kier alpha value is -3.08. The Morgan fingerprint density at radius 3 is 2.56 bits per heavy atom. The van der Waals surface area contributed by atoms with Crippen LogP contribution in [0.2, 0.25) is 0 Å². The van der Waals surface area contributed by atoms with Gasteiger partial charge < -0.3 is 15.2 Å². The molecule has 4 rings (SSSR count). The Kier molecular flexibility index (Phi) is 4.22. The van der Waals surface area contributed by atoms with Gasteiger partial charge in [-0.05, 0) is 54.2 Å². The maximum atomic E-state index is 12.3. The number of carboxylic acids is 1. The lowest BCUT2D eigenvalue weighted by atomic mass is 9.74. The van der Waals surface area contributed by atoms with Crippen LogP contribution in [0, 0.1) is 12.8 Å². The molecule has 138 valence electrons. The zero-order valence-electron chi connectivity index (χ0n) is 15.2. The third-order valence-corrected chi connectivity index (χ3v) is 5.65. The van der Waals surface area contributed by atoms with Crippen LogP contribution in [0.4, 0.5) is 5.69 Å². The van der Waals surface area contributed by atoms with Crippen molar-refractivity contribution in [3.05, 3.63) is 76.4 Å². The van der Waals surface area contributed by atoms with Crippen molar-refractivity contribution in [3.8, 4) is 0 Å². The van der Waals surface area contributed by atoms with Crippen molar-refractivity contribution in [1.29, 1.82) is 0 Å². The van der Waals surface area contributed by atoms with Crippen LogP contribution in [0.15, 0.2) is 48.6 Å². The Bertz CT molecular complexity index is 946. The molecule has 3 unspecified atom stereocenters. The number of ether oxygens (including phenoxy) is 1. The number of aryl methyl sites for hydroxylation is 1. The van der Waals surface area contributed by atoms with Crippen molar-refractivity contribution in [2.24, 2.45) is 5.92 Å². The molecule has 0 saturated heterocycles. The van der Waals surface area contributed by atoms with E-state index in [1.54, 1.807) is 12.1 Å². The van der Waals surface area contributed by atoms with Crippen molar-refractivity contribution in [2.75, 3.05) is 12.4 Å². The molecule has 0 spiro atoms. The van der Waals surface area contributed by atoms with Gasteiger partial charge in [-0.15, -0.1) is 0 Å². The fourth-order valence-electron chi connectivity index (χ4n) is 4.31. The van der Waals surface area contributed by atoms with E-state index in [1.807, 2.05) is 31.2 Å². The standard InChI is InChI=1S/C22H21NO4/c1-12-6-11-17(22(26)27-2)18-15-4-3-5-16(15)20(23-19(12)18)13-7-9-14(10-8-13)21(24)25/h3-4,6-11,15-16,20,23H,5H2,1-2H3,(H,24,25). The lowest BCUT2D eigenvalue weighted by Crippen LogP contribution is -2.31. The number of allylic oxidation sites excluding steroid dienone is 2. The molecule has 5 heteroatoms. The lowest BCUT2D eigenvalue weighted by molar-refractivity contribution is 0.0597. The van der Waals surface area contributed by atoms with Crippen molar-refractivity contribution in [1.82, 2.24) is 0 Å². The second-order valence-corrected chi connectivity index (χ2v) is 7.11. The number of hydrogen-bond acceptors (Lipinski definition) is 4. The highest BCUT2D eigenvalue weighted by Gasteiger charge is 2.40. The largest absolute Gasteiger partial charge is 0.478 e. The summed E-state index contributed by atoms with van der Waals surface area (Å²) in [6.45, 7) is 2.02. The molecule has 3 atom stereocenters. The minimum absolute atomic E-state index is 0.0481. The smallest absolute Gasteiger partial charge is 0.338 e. The summed E-state index contributed by atoms with van der Waals surface area (Å²) in [6, 6.07) is 10.9. The van der Waals surface area contributed by atoms with Gasteiger partial charge in [0.05, 0.1) is 24.3 Å². The van der Waals surface area contributed by atoms with Crippen LogP contribution in [-0.2, 0) is 4.74 Å². The van der Waals surface area contributed by atoms with Gasteiger partial charge in [0.15, 0.2) is 0 Å². The van der Waals surface area contributed by atoms with Crippen molar-refractivity contribution >= 4 is 17.6 Å². The molecule has 2 aromatic rings. The van der Waals surface area contributed by atoms with E-state index in [1.165, 1.54) is 7.11 Å². The highest BCUT2D eigenvalue weighted by molar-refractivity contribution is 5.94. The highest BCUT2D eigenvalue weighted by atomic mass is 16.5. The summed E-state index contributed by atoms with van der Waals surface area (Å²) in [5.74, 6) is -0.864. The van der Waals surface area contributed by atoms with Gasteiger partial charge in [-0.2, -0.15) is 0 Å². The molecular formula is C22H21NO4. The van der Waals surface area contributed by atoms with Crippen LogP contribution in [-0.4, -0.2) is 24.2 Å². The first-order valence-corrected chi connectivity index (χ1v) is 8.99. The second-order valence-electron chi connectivity index (χ2n) is 7.11. The number of esters is 1. The van der Waals surface area contributed by atoms with Crippen molar-refractivity contribution in [3.63, 3.8) is 0 Å². The van der Waals surface area contributed by atoms with Gasteiger partial charge in [0.25, 0.3) is 0 Å². The van der Waals surface area contributed by atoms with Crippen molar-refractivity contribution < 1.29 is 19.4 Å². The molecule has 2 N–H and O–H groups in total. The monoisotopic (exact) mass is 363 g/mol. The molecule has 27 heavy (non-hydrogen) atoms. The number of aromatic carboxylic acids is 1. The molecule has 2 aromatic carbocycles. The number of nitrogens with one attached hydrogen (secondary N) is 1. The Morgan fingerprint density at radius 2 is 1.89 bits per heavy atom. The van der Waals surface area contributed by atoms with Gasteiger partial charge in [0.2, 0.25) is 0 Å². The van der Waals surface area contributed by atoms with Gasteiger partial charge in [-0.1, -0.05) is 30.4 Å². The minimum Gasteiger partial charge on any atom is -0.478 e. The average Bonchev–Trinajstić information content (AvgIpc) is 3.17. The maximum Gasteiger partial charge on any atom is 0.338 e. The Balaban J connectivity index is 1.80. The highest BCUT2D eigenvalue weighted by Crippen LogP contribution is 2.51. The number of carboxylic acid groups (broad SMARTS) is 1. The van der Waals surface area contributed by atoms with Gasteiger partial charge in [0.1, 0.15) is 0 Å². The summed E-state index contributed by atoms with van der Waals surface area (Å²) in [4.78, 5) is 23.4. The van der Waals surface area contributed by atoms with Crippen LogP contribution in [0.5, 0.6) is 0 Å². The third-order valence-electron chi connectivity index (χ3n) is 5.65. The number of anilines is 1. The molecule has 1 aliphatic carbocycles. The molecule has 0 radical (unpaired) electrons.